The lowest BCUT2D eigenvalue weighted by Gasteiger charge is -2.15. The number of aliphatic hydroxyl groups is 1. The molecule has 0 aliphatic heterocycles. The van der Waals surface area contributed by atoms with E-state index in [-0.39, 0.29) is 28.5 Å². The fourth-order valence-electron chi connectivity index (χ4n) is 4.13. The fraction of sp³-hybridized carbons (Fsp3) is 0.222. The highest BCUT2D eigenvalue weighted by atomic mass is 31.2. The van der Waals surface area contributed by atoms with Crippen LogP contribution in [0.25, 0.3) is 22.0 Å². The Kier molecular flexibility index (Phi) is 10.5. The smallest absolute Gasteiger partial charge is 0.424 e. The van der Waals surface area contributed by atoms with Crippen LogP contribution in [0.2, 0.25) is 0 Å². The zero-order valence-electron chi connectivity index (χ0n) is 22.7. The standard InChI is InChI=1S/C26H26NO10P.CH4O/c1-31-16-7-8-17-18(13-16)27-24(25(28)15-11-21(33-3)26(35-5)22(12-15)34-4)23(17)14-6-9-19(32-2)20(10-14)36-38(30)37-29;1-2/h6-13,27,29-30H,1-5H3;2H,1H3. The largest absolute Gasteiger partial charge is 0.497 e. The second kappa shape index (κ2) is 13.8. The van der Waals surface area contributed by atoms with Crippen LogP contribution in [-0.2, 0) is 4.67 Å². The fourth-order valence-corrected chi connectivity index (χ4v) is 4.48. The van der Waals surface area contributed by atoms with Gasteiger partial charge in [0.1, 0.15) is 5.75 Å². The van der Waals surface area contributed by atoms with Crippen molar-refractivity contribution in [1.29, 1.82) is 0 Å². The van der Waals surface area contributed by atoms with Gasteiger partial charge in [-0.15, -0.1) is 4.67 Å². The van der Waals surface area contributed by atoms with Crippen LogP contribution in [0.3, 0.4) is 0 Å². The highest BCUT2D eigenvalue weighted by molar-refractivity contribution is 7.40. The van der Waals surface area contributed by atoms with Crippen molar-refractivity contribution in [3.8, 4) is 45.6 Å². The van der Waals surface area contributed by atoms with Gasteiger partial charge in [0.15, 0.2) is 23.0 Å². The minimum absolute atomic E-state index is 0.0988. The lowest BCUT2D eigenvalue weighted by molar-refractivity contribution is -0.144. The zero-order chi connectivity index (χ0) is 29.4. The first-order chi connectivity index (χ1) is 19.4. The number of aromatic amines is 1. The number of ether oxygens (including phenoxy) is 5. The molecule has 1 atom stereocenters. The molecule has 214 valence electrons. The highest BCUT2D eigenvalue weighted by Gasteiger charge is 2.25. The van der Waals surface area contributed by atoms with Crippen molar-refractivity contribution in [2.24, 2.45) is 0 Å². The number of ketones is 1. The van der Waals surface area contributed by atoms with Crippen LogP contribution in [0.5, 0.6) is 34.5 Å². The maximum atomic E-state index is 14.0. The molecule has 40 heavy (non-hydrogen) atoms. The molecule has 12 nitrogen and oxygen atoms in total. The number of H-pyrrole nitrogens is 1. The number of hydrogen-bond donors (Lipinski definition) is 4. The number of aromatic nitrogens is 1. The van der Waals surface area contributed by atoms with Gasteiger partial charge in [-0.1, -0.05) is 6.07 Å². The molecular weight excluding hydrogens is 545 g/mol. The summed E-state index contributed by atoms with van der Waals surface area (Å²) in [5.74, 6) is 1.65. The van der Waals surface area contributed by atoms with Crippen molar-refractivity contribution in [1.82, 2.24) is 4.98 Å². The van der Waals surface area contributed by atoms with Crippen LogP contribution in [0, 0.1) is 0 Å². The van der Waals surface area contributed by atoms with Crippen LogP contribution >= 0.6 is 8.60 Å². The van der Waals surface area contributed by atoms with Crippen LogP contribution in [0.1, 0.15) is 16.1 Å². The maximum Gasteiger partial charge on any atom is 0.424 e. The van der Waals surface area contributed by atoms with Crippen molar-refractivity contribution in [2.45, 2.75) is 0 Å². The lowest BCUT2D eigenvalue weighted by atomic mass is 9.97. The van der Waals surface area contributed by atoms with Gasteiger partial charge in [-0.3, -0.25) is 4.79 Å². The molecule has 0 amide bonds. The summed E-state index contributed by atoms with van der Waals surface area (Å²) in [7, 11) is 5.79. The minimum Gasteiger partial charge on any atom is -0.497 e. The Balaban J connectivity index is 0.00000216. The molecule has 4 rings (SSSR count). The third-order valence-electron chi connectivity index (χ3n) is 5.86. The number of aliphatic hydroxyl groups excluding tert-OH is 1. The predicted molar refractivity (Wildman–Crippen MR) is 148 cm³/mol. The highest BCUT2D eigenvalue weighted by Crippen LogP contribution is 2.44. The topological polar surface area (TPSA) is 158 Å². The number of nitrogens with one attached hydrogen (secondary N) is 1. The number of carbonyl (C=O) groups excluding carboxylic acids is 1. The van der Waals surface area contributed by atoms with E-state index < -0.39 is 8.60 Å². The summed E-state index contributed by atoms with van der Waals surface area (Å²) in [6.45, 7) is 0. The average molecular weight is 576 g/mol. The third-order valence-corrected chi connectivity index (χ3v) is 6.35. The summed E-state index contributed by atoms with van der Waals surface area (Å²) >= 11 is 0. The van der Waals surface area contributed by atoms with E-state index in [1.807, 2.05) is 6.07 Å². The van der Waals surface area contributed by atoms with E-state index in [2.05, 4.69) is 9.66 Å². The summed E-state index contributed by atoms with van der Waals surface area (Å²) in [5, 5.41) is 16.5. The first-order valence-corrected chi connectivity index (χ1v) is 12.7. The molecular formula is C27H30NO11P. The zero-order valence-corrected chi connectivity index (χ0v) is 23.6. The monoisotopic (exact) mass is 575 g/mol. The summed E-state index contributed by atoms with van der Waals surface area (Å²) in [6.07, 6.45) is 0. The van der Waals surface area contributed by atoms with Gasteiger partial charge in [-0.05, 0) is 42.0 Å². The number of hydrogen-bond acceptors (Lipinski definition) is 11. The number of carbonyl (C=O) groups is 1. The van der Waals surface area contributed by atoms with Gasteiger partial charge in [0.25, 0.3) is 0 Å². The lowest BCUT2D eigenvalue weighted by Crippen LogP contribution is -2.06. The quantitative estimate of drug-likeness (QED) is 0.0842. The van der Waals surface area contributed by atoms with Crippen molar-refractivity contribution in [2.75, 3.05) is 42.7 Å². The van der Waals surface area contributed by atoms with Gasteiger partial charge in [-0.25, -0.2) is 5.26 Å². The molecule has 1 heterocycles. The van der Waals surface area contributed by atoms with Gasteiger partial charge in [-0.2, -0.15) is 0 Å². The molecule has 0 saturated heterocycles. The molecule has 1 unspecified atom stereocenters. The normalized spacial score (nSPS) is 11.2. The first kappa shape index (κ1) is 30.5. The van der Waals surface area contributed by atoms with Gasteiger partial charge in [0.2, 0.25) is 11.5 Å². The molecule has 4 N–H and O–H groups in total. The molecule has 0 fully saturated rings. The molecule has 0 radical (unpaired) electrons. The Morgan fingerprint density at radius 3 is 1.98 bits per heavy atom. The van der Waals surface area contributed by atoms with E-state index in [9.17, 15) is 9.69 Å². The summed E-state index contributed by atoms with van der Waals surface area (Å²) < 4.78 is 36.1. The van der Waals surface area contributed by atoms with Gasteiger partial charge < -0.3 is 43.2 Å². The Labute approximate surface area is 231 Å². The van der Waals surface area contributed by atoms with Crippen LogP contribution < -0.4 is 28.2 Å². The number of rotatable bonds is 11. The molecule has 1 aromatic heterocycles. The summed E-state index contributed by atoms with van der Waals surface area (Å²) in [6, 6.07) is 13.4. The van der Waals surface area contributed by atoms with E-state index in [0.29, 0.717) is 39.6 Å². The van der Waals surface area contributed by atoms with Crippen LogP contribution in [0.4, 0.5) is 0 Å². The minimum atomic E-state index is -2.62. The molecule has 0 aliphatic carbocycles. The van der Waals surface area contributed by atoms with Crippen LogP contribution in [0.15, 0.2) is 48.5 Å². The van der Waals surface area contributed by atoms with Crippen molar-refractivity contribution in [3.05, 3.63) is 59.8 Å². The Bertz CT molecular complexity index is 1450. The predicted octanol–water partition coefficient (Wildman–Crippen LogP) is 4.81. The molecule has 13 heteroatoms. The van der Waals surface area contributed by atoms with Crippen molar-refractivity contribution >= 4 is 25.3 Å². The third kappa shape index (κ3) is 6.06. The molecule has 0 bridgehead atoms. The molecule has 0 aliphatic rings. The summed E-state index contributed by atoms with van der Waals surface area (Å²) in [4.78, 5) is 26.9. The van der Waals surface area contributed by atoms with Crippen molar-refractivity contribution < 1.29 is 52.9 Å². The van der Waals surface area contributed by atoms with E-state index in [1.54, 1.807) is 49.6 Å². The van der Waals surface area contributed by atoms with E-state index in [1.165, 1.54) is 28.4 Å². The second-order valence-electron chi connectivity index (χ2n) is 7.81. The van der Waals surface area contributed by atoms with Crippen LogP contribution in [-0.4, -0.2) is 68.7 Å². The number of methoxy groups -OCH3 is 5. The summed E-state index contributed by atoms with van der Waals surface area (Å²) in [5.41, 5.74) is 2.33. The van der Waals surface area contributed by atoms with Gasteiger partial charge in [0.05, 0.1) is 46.8 Å². The van der Waals surface area contributed by atoms with Gasteiger partial charge >= 0.3 is 8.60 Å². The molecule has 3 aromatic carbocycles. The van der Waals surface area contributed by atoms with E-state index in [4.69, 9.17) is 38.6 Å². The Morgan fingerprint density at radius 2 is 1.43 bits per heavy atom. The molecule has 0 saturated carbocycles. The molecule has 4 aromatic rings. The van der Waals surface area contributed by atoms with E-state index in [0.717, 1.165) is 12.5 Å². The van der Waals surface area contributed by atoms with Gasteiger partial charge in [0, 0.05) is 29.7 Å². The SMILES string of the molecule is CO.COc1ccc2c(-c3ccc(OC)c(OP(O)OO)c3)c(C(=O)c3cc(OC)c(OC)c(OC)c3)[nH]c2c1. The molecule has 0 spiro atoms. The maximum absolute atomic E-state index is 14.0. The Hall–Kier alpha value is -4.06. The first-order valence-electron chi connectivity index (χ1n) is 11.5. The number of benzene rings is 3. The second-order valence-corrected chi connectivity index (χ2v) is 8.63. The Morgan fingerprint density at radius 1 is 0.775 bits per heavy atom. The number of fused-ring (bicyclic) bond motifs is 1. The van der Waals surface area contributed by atoms with Crippen molar-refractivity contribution in [3.63, 3.8) is 0 Å². The average Bonchev–Trinajstić information content (AvgIpc) is 3.39. The van der Waals surface area contributed by atoms with E-state index >= 15 is 0 Å².